The van der Waals surface area contributed by atoms with Gasteiger partial charge in [-0.3, -0.25) is 4.90 Å². The zero-order valence-corrected chi connectivity index (χ0v) is 7.56. The lowest BCUT2D eigenvalue weighted by Crippen LogP contribution is -2.39. The molecule has 72 valence electrons. The van der Waals surface area contributed by atoms with Crippen LogP contribution >= 0.6 is 0 Å². The first kappa shape index (κ1) is 9.86. The van der Waals surface area contributed by atoms with E-state index in [0.29, 0.717) is 5.92 Å². The molecule has 0 aromatic rings. The van der Waals surface area contributed by atoms with Gasteiger partial charge in [-0.1, -0.05) is 6.92 Å². The fraction of sp³-hybridized carbons (Fsp3) is 1.00. The molecule has 0 spiro atoms. The molecule has 0 radical (unpaired) electrons. The molecule has 1 fully saturated rings. The smallest absolute Gasteiger partial charge is 0.251 e. The number of likely N-dealkylation sites (N-methyl/N-ethyl adjacent to an activating group) is 1. The molecule has 0 aromatic carbocycles. The van der Waals surface area contributed by atoms with E-state index in [1.54, 1.807) is 11.9 Å². The van der Waals surface area contributed by atoms with Crippen molar-refractivity contribution in [3.63, 3.8) is 0 Å². The topological polar surface area (TPSA) is 15.3 Å². The summed E-state index contributed by atoms with van der Waals surface area (Å²) >= 11 is 0. The first-order valence-corrected chi connectivity index (χ1v) is 4.30. The molecule has 1 saturated heterocycles. The highest BCUT2D eigenvalue weighted by atomic mass is 19.3. The summed E-state index contributed by atoms with van der Waals surface area (Å²) in [4.78, 5) is 1.75. The van der Waals surface area contributed by atoms with E-state index < -0.39 is 6.43 Å². The van der Waals surface area contributed by atoms with E-state index in [0.717, 1.165) is 13.1 Å². The standard InChI is InChI=1S/C8H16F2N2/c1-6-3-11-4-7(6)12(2)5-8(9)10/h6-8,11H,3-5H2,1-2H3. The van der Waals surface area contributed by atoms with Crippen LogP contribution in [0.25, 0.3) is 0 Å². The van der Waals surface area contributed by atoms with Gasteiger partial charge in [0.1, 0.15) is 0 Å². The van der Waals surface area contributed by atoms with Gasteiger partial charge in [0.25, 0.3) is 6.43 Å². The molecule has 0 aromatic heterocycles. The van der Waals surface area contributed by atoms with E-state index in [-0.39, 0.29) is 12.6 Å². The van der Waals surface area contributed by atoms with Crippen LogP contribution in [-0.4, -0.2) is 44.0 Å². The minimum Gasteiger partial charge on any atom is -0.315 e. The Morgan fingerprint density at radius 2 is 2.17 bits per heavy atom. The average molecular weight is 178 g/mol. The molecular weight excluding hydrogens is 162 g/mol. The summed E-state index contributed by atoms with van der Waals surface area (Å²) in [6, 6.07) is 0.277. The fourth-order valence-corrected chi connectivity index (χ4v) is 1.74. The maximum Gasteiger partial charge on any atom is 0.251 e. The molecule has 0 aliphatic carbocycles. The molecule has 2 unspecified atom stereocenters. The van der Waals surface area contributed by atoms with Gasteiger partial charge in [0.2, 0.25) is 0 Å². The van der Waals surface area contributed by atoms with Gasteiger partial charge in [-0.2, -0.15) is 0 Å². The molecule has 0 amide bonds. The minimum absolute atomic E-state index is 0.114. The second kappa shape index (κ2) is 4.14. The van der Waals surface area contributed by atoms with Gasteiger partial charge in [-0.15, -0.1) is 0 Å². The van der Waals surface area contributed by atoms with Gasteiger partial charge in [-0.05, 0) is 19.5 Å². The lowest BCUT2D eigenvalue weighted by molar-refractivity contribution is 0.0766. The fourth-order valence-electron chi connectivity index (χ4n) is 1.74. The highest BCUT2D eigenvalue weighted by molar-refractivity contribution is 4.84. The van der Waals surface area contributed by atoms with Gasteiger partial charge >= 0.3 is 0 Å². The molecule has 1 heterocycles. The Bertz CT molecular complexity index is 141. The van der Waals surface area contributed by atoms with Crippen molar-refractivity contribution in [2.24, 2.45) is 5.92 Å². The molecule has 12 heavy (non-hydrogen) atoms. The molecule has 2 nitrogen and oxygen atoms in total. The SMILES string of the molecule is CC1CNCC1N(C)CC(F)F. The van der Waals surface area contributed by atoms with E-state index in [4.69, 9.17) is 0 Å². The average Bonchev–Trinajstić information content (AvgIpc) is 2.33. The van der Waals surface area contributed by atoms with Crippen molar-refractivity contribution in [2.45, 2.75) is 19.4 Å². The van der Waals surface area contributed by atoms with Gasteiger partial charge < -0.3 is 5.32 Å². The third kappa shape index (κ3) is 2.38. The molecular formula is C8H16F2N2. The molecule has 1 aliphatic heterocycles. The Hall–Kier alpha value is -0.220. The van der Waals surface area contributed by atoms with Crippen LogP contribution in [0.3, 0.4) is 0 Å². The van der Waals surface area contributed by atoms with E-state index in [1.807, 2.05) is 0 Å². The van der Waals surface area contributed by atoms with E-state index in [2.05, 4.69) is 12.2 Å². The highest BCUT2D eigenvalue weighted by Gasteiger charge is 2.27. The van der Waals surface area contributed by atoms with E-state index in [9.17, 15) is 8.78 Å². The monoisotopic (exact) mass is 178 g/mol. The predicted molar refractivity (Wildman–Crippen MR) is 44.5 cm³/mol. The number of nitrogens with one attached hydrogen (secondary N) is 1. The Kier molecular flexibility index (Phi) is 3.40. The first-order chi connectivity index (χ1) is 5.61. The molecule has 4 heteroatoms. The zero-order valence-electron chi connectivity index (χ0n) is 7.56. The van der Waals surface area contributed by atoms with E-state index in [1.165, 1.54) is 0 Å². The number of hydrogen-bond acceptors (Lipinski definition) is 2. The Morgan fingerprint density at radius 3 is 2.58 bits per heavy atom. The van der Waals surface area contributed by atoms with Crippen LogP contribution in [0.15, 0.2) is 0 Å². The quantitative estimate of drug-likeness (QED) is 0.687. The molecule has 0 saturated carbocycles. The number of halogens is 2. The van der Waals surface area contributed by atoms with Crippen LogP contribution in [0.1, 0.15) is 6.92 Å². The lowest BCUT2D eigenvalue weighted by atomic mass is 10.1. The van der Waals surface area contributed by atoms with Crippen LogP contribution < -0.4 is 5.32 Å². The van der Waals surface area contributed by atoms with Crippen molar-refractivity contribution in [1.29, 1.82) is 0 Å². The maximum atomic E-state index is 12.0. The number of rotatable bonds is 3. The summed E-state index contributed by atoms with van der Waals surface area (Å²) in [5.74, 6) is 0.480. The van der Waals surface area contributed by atoms with Crippen molar-refractivity contribution >= 4 is 0 Å². The Morgan fingerprint density at radius 1 is 1.50 bits per heavy atom. The molecule has 1 N–H and O–H groups in total. The minimum atomic E-state index is -2.22. The molecule has 2 atom stereocenters. The van der Waals surface area contributed by atoms with Crippen molar-refractivity contribution in [3.05, 3.63) is 0 Å². The van der Waals surface area contributed by atoms with Crippen LogP contribution in [0, 0.1) is 5.92 Å². The third-order valence-electron chi connectivity index (χ3n) is 2.47. The summed E-state index contributed by atoms with van der Waals surface area (Å²) in [6.07, 6.45) is -2.22. The largest absolute Gasteiger partial charge is 0.315 e. The van der Waals surface area contributed by atoms with Crippen molar-refractivity contribution < 1.29 is 8.78 Å². The van der Waals surface area contributed by atoms with Gasteiger partial charge in [0, 0.05) is 12.6 Å². The van der Waals surface area contributed by atoms with Gasteiger partial charge in [-0.25, -0.2) is 8.78 Å². The summed E-state index contributed by atoms with van der Waals surface area (Å²) in [5, 5.41) is 3.19. The summed E-state index contributed by atoms with van der Waals surface area (Å²) < 4.78 is 24.0. The second-order valence-electron chi connectivity index (χ2n) is 3.53. The van der Waals surface area contributed by atoms with Crippen molar-refractivity contribution in [3.8, 4) is 0 Å². The summed E-state index contributed by atoms with van der Waals surface area (Å²) in [6.45, 7) is 3.76. The normalized spacial score (nSPS) is 30.5. The van der Waals surface area contributed by atoms with Crippen LogP contribution in [0.4, 0.5) is 8.78 Å². The lowest BCUT2D eigenvalue weighted by Gasteiger charge is -2.26. The summed E-state index contributed by atoms with van der Waals surface area (Å²) in [7, 11) is 1.76. The third-order valence-corrected chi connectivity index (χ3v) is 2.47. The number of alkyl halides is 2. The first-order valence-electron chi connectivity index (χ1n) is 4.30. The predicted octanol–water partition coefficient (Wildman–Crippen LogP) is 0.791. The number of nitrogens with zero attached hydrogens (tertiary/aromatic N) is 1. The molecule has 1 rings (SSSR count). The van der Waals surface area contributed by atoms with Crippen LogP contribution in [0.2, 0.25) is 0 Å². The van der Waals surface area contributed by atoms with Gasteiger partial charge in [0.05, 0.1) is 6.54 Å². The molecule has 1 aliphatic rings. The second-order valence-corrected chi connectivity index (χ2v) is 3.53. The number of hydrogen-bond donors (Lipinski definition) is 1. The van der Waals surface area contributed by atoms with Crippen molar-refractivity contribution in [2.75, 3.05) is 26.7 Å². The summed E-state index contributed by atoms with van der Waals surface area (Å²) in [5.41, 5.74) is 0. The zero-order chi connectivity index (χ0) is 9.14. The molecule has 0 bridgehead atoms. The van der Waals surface area contributed by atoms with Crippen LogP contribution in [-0.2, 0) is 0 Å². The van der Waals surface area contributed by atoms with Gasteiger partial charge in [0.15, 0.2) is 0 Å². The Labute approximate surface area is 71.9 Å². The van der Waals surface area contributed by atoms with E-state index >= 15 is 0 Å². The highest BCUT2D eigenvalue weighted by Crippen LogP contribution is 2.14. The maximum absolute atomic E-state index is 12.0. The van der Waals surface area contributed by atoms with Crippen LogP contribution in [0.5, 0.6) is 0 Å². The Balaban J connectivity index is 2.35. The van der Waals surface area contributed by atoms with Crippen molar-refractivity contribution in [1.82, 2.24) is 10.2 Å².